The van der Waals surface area contributed by atoms with Gasteiger partial charge in [0.25, 0.3) is 0 Å². The third-order valence-corrected chi connectivity index (χ3v) is 3.20. The topological polar surface area (TPSA) is 37.8 Å². The fourth-order valence-corrected chi connectivity index (χ4v) is 2.13. The molecule has 0 bridgehead atoms. The van der Waals surface area contributed by atoms with Gasteiger partial charge in [0.05, 0.1) is 5.52 Å². The van der Waals surface area contributed by atoms with Gasteiger partial charge in [-0.15, -0.1) is 0 Å². The second kappa shape index (κ2) is 5.24. The average Bonchev–Trinajstić information content (AvgIpc) is 2.46. The Kier molecular flexibility index (Phi) is 3.29. The molecule has 4 heteroatoms. The Morgan fingerprint density at radius 2 is 1.89 bits per heavy atom. The van der Waals surface area contributed by atoms with E-state index in [-0.39, 0.29) is 0 Å². The lowest BCUT2D eigenvalue weighted by molar-refractivity contribution is 1.10. The van der Waals surface area contributed by atoms with Crippen molar-refractivity contribution < 1.29 is 0 Å². The van der Waals surface area contributed by atoms with Crippen LogP contribution < -0.4 is 5.32 Å². The molecule has 3 aromatic rings. The van der Waals surface area contributed by atoms with Crippen LogP contribution in [-0.4, -0.2) is 9.97 Å². The summed E-state index contributed by atoms with van der Waals surface area (Å²) in [6, 6.07) is 15.7. The van der Waals surface area contributed by atoms with Crippen LogP contribution in [0, 0.1) is 0 Å². The summed E-state index contributed by atoms with van der Waals surface area (Å²) in [5.74, 6) is 0.826. The molecule has 1 aromatic carbocycles. The molecule has 3 nitrogen and oxygen atoms in total. The molecule has 0 aliphatic heterocycles. The van der Waals surface area contributed by atoms with Gasteiger partial charge < -0.3 is 5.32 Å². The summed E-state index contributed by atoms with van der Waals surface area (Å²) in [6.07, 6.45) is 1.75. The summed E-state index contributed by atoms with van der Waals surface area (Å²) in [7, 11) is 0. The largest absolute Gasteiger partial charge is 0.366 e. The maximum absolute atomic E-state index is 6.20. The molecule has 0 saturated carbocycles. The Morgan fingerprint density at radius 3 is 2.74 bits per heavy atom. The van der Waals surface area contributed by atoms with Crippen LogP contribution in [0.1, 0.15) is 5.56 Å². The molecule has 19 heavy (non-hydrogen) atoms. The molecular weight excluding hydrogens is 258 g/mol. The number of nitrogens with zero attached hydrogens (tertiary/aromatic N) is 2. The van der Waals surface area contributed by atoms with E-state index in [4.69, 9.17) is 11.6 Å². The van der Waals surface area contributed by atoms with Gasteiger partial charge in [0.2, 0.25) is 0 Å². The van der Waals surface area contributed by atoms with Gasteiger partial charge in [-0.2, -0.15) is 0 Å². The van der Waals surface area contributed by atoms with Gasteiger partial charge in [0.1, 0.15) is 11.0 Å². The SMILES string of the molecule is Clc1nc2ccccc2cc1CNc1ccccn1. The van der Waals surface area contributed by atoms with E-state index in [1.165, 1.54) is 0 Å². The van der Waals surface area contributed by atoms with Crippen molar-refractivity contribution >= 4 is 28.3 Å². The van der Waals surface area contributed by atoms with Gasteiger partial charge in [-0.25, -0.2) is 9.97 Å². The lowest BCUT2D eigenvalue weighted by Crippen LogP contribution is -2.02. The minimum Gasteiger partial charge on any atom is -0.366 e. The molecule has 0 spiro atoms. The maximum Gasteiger partial charge on any atom is 0.134 e. The fourth-order valence-electron chi connectivity index (χ4n) is 1.91. The summed E-state index contributed by atoms with van der Waals surface area (Å²) < 4.78 is 0. The number of para-hydroxylation sites is 1. The van der Waals surface area contributed by atoms with Crippen LogP contribution in [0.4, 0.5) is 5.82 Å². The molecule has 0 atom stereocenters. The first-order valence-electron chi connectivity index (χ1n) is 6.02. The van der Waals surface area contributed by atoms with Crippen LogP contribution >= 0.6 is 11.6 Å². The predicted octanol–water partition coefficient (Wildman–Crippen LogP) is 3.90. The van der Waals surface area contributed by atoms with Gasteiger partial charge in [-0.05, 0) is 24.3 Å². The van der Waals surface area contributed by atoms with Gasteiger partial charge in [-0.1, -0.05) is 35.9 Å². The first kappa shape index (κ1) is 11.9. The Hall–Kier alpha value is -2.13. The molecule has 1 N–H and O–H groups in total. The molecule has 0 unspecified atom stereocenters. The molecule has 0 amide bonds. The highest BCUT2D eigenvalue weighted by Crippen LogP contribution is 2.21. The van der Waals surface area contributed by atoms with E-state index in [1.54, 1.807) is 6.20 Å². The van der Waals surface area contributed by atoms with Crippen molar-refractivity contribution in [1.82, 2.24) is 9.97 Å². The zero-order valence-electron chi connectivity index (χ0n) is 10.2. The second-order valence-electron chi connectivity index (χ2n) is 4.20. The quantitative estimate of drug-likeness (QED) is 0.733. The number of aromatic nitrogens is 2. The number of pyridine rings is 2. The maximum atomic E-state index is 6.20. The van der Waals surface area contributed by atoms with Crippen molar-refractivity contribution in [3.8, 4) is 0 Å². The first-order valence-corrected chi connectivity index (χ1v) is 6.40. The molecule has 2 aromatic heterocycles. The van der Waals surface area contributed by atoms with Crippen LogP contribution in [-0.2, 0) is 6.54 Å². The van der Waals surface area contributed by atoms with Crippen molar-refractivity contribution in [3.63, 3.8) is 0 Å². The van der Waals surface area contributed by atoms with Crippen LogP contribution in [0.3, 0.4) is 0 Å². The molecule has 0 aliphatic carbocycles. The number of rotatable bonds is 3. The predicted molar refractivity (Wildman–Crippen MR) is 78.3 cm³/mol. The number of halogens is 1. The Labute approximate surface area is 116 Å². The molecule has 2 heterocycles. The van der Waals surface area contributed by atoms with Crippen molar-refractivity contribution in [2.24, 2.45) is 0 Å². The zero-order valence-corrected chi connectivity index (χ0v) is 10.9. The van der Waals surface area contributed by atoms with E-state index >= 15 is 0 Å². The Bertz CT molecular complexity index is 698. The highest BCUT2D eigenvalue weighted by atomic mass is 35.5. The van der Waals surface area contributed by atoms with Gasteiger partial charge in [-0.3, -0.25) is 0 Å². The third-order valence-electron chi connectivity index (χ3n) is 2.87. The van der Waals surface area contributed by atoms with Crippen LogP contribution in [0.15, 0.2) is 54.7 Å². The second-order valence-corrected chi connectivity index (χ2v) is 4.56. The van der Waals surface area contributed by atoms with Gasteiger partial charge in [0, 0.05) is 23.7 Å². The molecule has 0 fully saturated rings. The number of hydrogen-bond acceptors (Lipinski definition) is 3. The van der Waals surface area contributed by atoms with Crippen LogP contribution in [0.5, 0.6) is 0 Å². The third kappa shape index (κ3) is 2.66. The van der Waals surface area contributed by atoms with Gasteiger partial charge >= 0.3 is 0 Å². The molecule has 94 valence electrons. The van der Waals surface area contributed by atoms with Gasteiger partial charge in [0.15, 0.2) is 0 Å². The lowest BCUT2D eigenvalue weighted by Gasteiger charge is -2.08. The average molecular weight is 270 g/mol. The van der Waals surface area contributed by atoms with Crippen molar-refractivity contribution in [2.75, 3.05) is 5.32 Å². The van der Waals surface area contributed by atoms with Crippen molar-refractivity contribution in [1.29, 1.82) is 0 Å². The highest BCUT2D eigenvalue weighted by Gasteiger charge is 2.04. The number of hydrogen-bond donors (Lipinski definition) is 1. The molecule has 0 aliphatic rings. The van der Waals surface area contributed by atoms with E-state index in [9.17, 15) is 0 Å². The molecule has 0 radical (unpaired) electrons. The van der Waals surface area contributed by atoms with Crippen molar-refractivity contribution in [3.05, 3.63) is 65.4 Å². The molecule has 0 saturated heterocycles. The van der Waals surface area contributed by atoms with E-state index in [0.29, 0.717) is 11.7 Å². The number of benzene rings is 1. The first-order chi connectivity index (χ1) is 9.33. The fraction of sp³-hybridized carbons (Fsp3) is 0.0667. The summed E-state index contributed by atoms with van der Waals surface area (Å²) >= 11 is 6.20. The normalized spacial score (nSPS) is 10.6. The summed E-state index contributed by atoms with van der Waals surface area (Å²) in [6.45, 7) is 0.605. The van der Waals surface area contributed by atoms with E-state index in [1.807, 2.05) is 42.5 Å². The molecule has 3 rings (SSSR count). The minimum atomic E-state index is 0.530. The van der Waals surface area contributed by atoms with Crippen molar-refractivity contribution in [2.45, 2.75) is 6.54 Å². The van der Waals surface area contributed by atoms with Crippen LogP contribution in [0.2, 0.25) is 5.15 Å². The monoisotopic (exact) mass is 269 g/mol. The number of anilines is 1. The van der Waals surface area contributed by atoms with E-state index < -0.39 is 0 Å². The lowest BCUT2D eigenvalue weighted by atomic mass is 10.1. The highest BCUT2D eigenvalue weighted by molar-refractivity contribution is 6.30. The summed E-state index contributed by atoms with van der Waals surface area (Å²) in [5.41, 5.74) is 1.88. The van der Waals surface area contributed by atoms with E-state index in [0.717, 1.165) is 22.3 Å². The van der Waals surface area contributed by atoms with E-state index in [2.05, 4.69) is 21.4 Å². The Balaban J connectivity index is 1.86. The zero-order chi connectivity index (χ0) is 13.1. The Morgan fingerprint density at radius 1 is 1.05 bits per heavy atom. The summed E-state index contributed by atoms with van der Waals surface area (Å²) in [5, 5.41) is 4.85. The minimum absolute atomic E-state index is 0.530. The number of fused-ring (bicyclic) bond motifs is 1. The smallest absolute Gasteiger partial charge is 0.134 e. The van der Waals surface area contributed by atoms with Crippen LogP contribution in [0.25, 0.3) is 10.9 Å². The standard InChI is InChI=1S/C15H12ClN3/c16-15-12(10-18-14-7-3-4-8-17-14)9-11-5-1-2-6-13(11)19-15/h1-9H,10H2,(H,17,18). The molecular formula is C15H12ClN3. The number of nitrogens with one attached hydrogen (secondary N) is 1. The summed E-state index contributed by atoms with van der Waals surface area (Å²) in [4.78, 5) is 8.60.